The molecule has 0 radical (unpaired) electrons. The Morgan fingerprint density at radius 2 is 1.71 bits per heavy atom. The summed E-state index contributed by atoms with van der Waals surface area (Å²) in [4.78, 5) is 29.1. The number of aromatic nitrogens is 1. The first-order chi connectivity index (χ1) is 16.4. The van der Waals surface area contributed by atoms with Gasteiger partial charge in [0.2, 0.25) is 5.91 Å². The van der Waals surface area contributed by atoms with Crippen molar-refractivity contribution >= 4 is 28.4 Å². The van der Waals surface area contributed by atoms with Gasteiger partial charge in [-0.2, -0.15) is 0 Å². The van der Waals surface area contributed by atoms with Crippen molar-refractivity contribution in [2.45, 2.75) is 18.9 Å². The summed E-state index contributed by atoms with van der Waals surface area (Å²) < 4.78 is 7.53. The predicted molar refractivity (Wildman–Crippen MR) is 133 cm³/mol. The second-order valence-corrected chi connectivity index (χ2v) is 8.83. The number of para-hydroxylation sites is 1. The van der Waals surface area contributed by atoms with Crippen LogP contribution in [0.4, 0.5) is 5.69 Å². The van der Waals surface area contributed by atoms with E-state index in [1.807, 2.05) is 85.4 Å². The average Bonchev–Trinajstić information content (AvgIpc) is 3.17. The molecule has 2 amide bonds. The number of hydrogen-bond donors (Lipinski definition) is 1. The van der Waals surface area contributed by atoms with E-state index in [2.05, 4.69) is 5.32 Å². The lowest BCUT2D eigenvalue weighted by molar-refractivity contribution is -0.119. The van der Waals surface area contributed by atoms with Crippen molar-refractivity contribution in [2.24, 2.45) is 7.05 Å². The van der Waals surface area contributed by atoms with Crippen LogP contribution in [0, 0.1) is 6.92 Å². The van der Waals surface area contributed by atoms with Crippen LogP contribution in [0.25, 0.3) is 10.9 Å². The van der Waals surface area contributed by atoms with E-state index in [0.717, 1.165) is 27.6 Å². The molecule has 1 aliphatic heterocycles. The van der Waals surface area contributed by atoms with Gasteiger partial charge in [0.15, 0.2) is 0 Å². The number of nitrogens with one attached hydrogen (secondary N) is 1. The molecule has 172 valence electrons. The zero-order valence-electron chi connectivity index (χ0n) is 19.7. The Balaban J connectivity index is 1.68. The molecule has 0 fully saturated rings. The molecule has 2 heterocycles. The molecule has 0 unspecified atom stereocenters. The van der Waals surface area contributed by atoms with Crippen LogP contribution in [0.3, 0.4) is 0 Å². The molecule has 0 bridgehead atoms. The molecule has 0 saturated heterocycles. The minimum Gasteiger partial charge on any atom is -0.495 e. The number of likely N-dealkylation sites (N-methyl/N-ethyl adjacent to an activating group) is 1. The molecule has 3 aromatic carbocycles. The Labute approximate surface area is 198 Å². The molecule has 6 heteroatoms. The fourth-order valence-electron chi connectivity index (χ4n) is 5.08. The molecule has 6 nitrogen and oxygen atoms in total. The van der Waals surface area contributed by atoms with Crippen LogP contribution in [-0.4, -0.2) is 35.4 Å². The normalized spacial score (nSPS) is 17.5. The first kappa shape index (κ1) is 21.8. The maximum atomic E-state index is 14.0. The number of carbonyl (C=O) groups excluding carboxylic acids is 2. The second kappa shape index (κ2) is 8.37. The van der Waals surface area contributed by atoms with Gasteiger partial charge in [0.1, 0.15) is 5.75 Å². The van der Waals surface area contributed by atoms with E-state index < -0.39 is 12.0 Å². The van der Waals surface area contributed by atoms with Crippen molar-refractivity contribution in [3.63, 3.8) is 0 Å². The number of amides is 2. The van der Waals surface area contributed by atoms with Crippen LogP contribution < -0.4 is 10.1 Å². The van der Waals surface area contributed by atoms with Crippen molar-refractivity contribution in [3.05, 3.63) is 95.2 Å². The number of hydrogen-bond acceptors (Lipinski definition) is 3. The third-order valence-electron chi connectivity index (χ3n) is 6.72. The lowest BCUT2D eigenvalue weighted by atomic mass is 9.79. The van der Waals surface area contributed by atoms with Gasteiger partial charge in [-0.3, -0.25) is 9.59 Å². The van der Waals surface area contributed by atoms with Gasteiger partial charge in [-0.15, -0.1) is 0 Å². The van der Waals surface area contributed by atoms with Crippen molar-refractivity contribution in [1.29, 1.82) is 0 Å². The zero-order valence-corrected chi connectivity index (χ0v) is 19.7. The Hall–Kier alpha value is -4.06. The number of aryl methyl sites for hydroxylation is 2. The average molecular weight is 454 g/mol. The second-order valence-electron chi connectivity index (χ2n) is 8.83. The fraction of sp³-hybridized carbons (Fsp3) is 0.214. The van der Waals surface area contributed by atoms with Gasteiger partial charge in [0, 0.05) is 42.3 Å². The van der Waals surface area contributed by atoms with Crippen LogP contribution >= 0.6 is 0 Å². The predicted octanol–water partition coefficient (Wildman–Crippen LogP) is 5.04. The SMILES string of the molecule is COc1ccc(C)cc1NC(=O)[C@H]1c2ccccc2C(=O)N(C)[C@H]1c1cn(C)c2ccccc12. The highest BCUT2D eigenvalue weighted by Gasteiger charge is 2.43. The molecule has 0 saturated carbocycles. The van der Waals surface area contributed by atoms with Gasteiger partial charge >= 0.3 is 0 Å². The van der Waals surface area contributed by atoms with E-state index in [4.69, 9.17) is 4.74 Å². The van der Waals surface area contributed by atoms with E-state index in [-0.39, 0.29) is 11.8 Å². The first-order valence-corrected chi connectivity index (χ1v) is 11.3. The van der Waals surface area contributed by atoms with Crippen molar-refractivity contribution in [3.8, 4) is 5.75 Å². The summed E-state index contributed by atoms with van der Waals surface area (Å²) in [6.45, 7) is 1.97. The molecule has 1 aliphatic rings. The van der Waals surface area contributed by atoms with E-state index in [9.17, 15) is 9.59 Å². The molecule has 2 atom stereocenters. The van der Waals surface area contributed by atoms with Gasteiger partial charge in [-0.1, -0.05) is 42.5 Å². The van der Waals surface area contributed by atoms with E-state index in [0.29, 0.717) is 17.0 Å². The molecule has 1 aromatic heterocycles. The molecule has 0 spiro atoms. The standard InChI is InChI=1S/C28H27N3O3/c1-17-13-14-24(34-4)22(15-17)29-27(32)25-19-10-5-6-11-20(19)28(33)31(3)26(25)21-16-30(2)23-12-8-7-9-18(21)23/h5-16,25-26H,1-4H3,(H,29,32)/t25-,26-/m0/s1. The van der Waals surface area contributed by atoms with Gasteiger partial charge < -0.3 is 19.5 Å². The summed E-state index contributed by atoms with van der Waals surface area (Å²) in [6.07, 6.45) is 2.03. The zero-order chi connectivity index (χ0) is 24.0. The summed E-state index contributed by atoms with van der Waals surface area (Å²) in [5.74, 6) is -0.288. The number of nitrogens with zero attached hydrogens (tertiary/aromatic N) is 2. The number of rotatable bonds is 4. The molecule has 4 aromatic rings. The Morgan fingerprint density at radius 3 is 2.50 bits per heavy atom. The van der Waals surface area contributed by atoms with Gasteiger partial charge in [-0.05, 0) is 42.3 Å². The van der Waals surface area contributed by atoms with Crippen molar-refractivity contribution in [1.82, 2.24) is 9.47 Å². The first-order valence-electron chi connectivity index (χ1n) is 11.3. The van der Waals surface area contributed by atoms with Crippen LogP contribution in [0.2, 0.25) is 0 Å². The van der Waals surface area contributed by atoms with E-state index >= 15 is 0 Å². The van der Waals surface area contributed by atoms with E-state index in [1.54, 1.807) is 25.1 Å². The fourth-order valence-corrected chi connectivity index (χ4v) is 5.08. The highest BCUT2D eigenvalue weighted by Crippen LogP contribution is 2.45. The smallest absolute Gasteiger partial charge is 0.254 e. The number of carbonyl (C=O) groups is 2. The number of anilines is 1. The number of methoxy groups -OCH3 is 1. The Bertz CT molecular complexity index is 1420. The monoisotopic (exact) mass is 453 g/mol. The topological polar surface area (TPSA) is 63.6 Å². The molecular formula is C28H27N3O3. The Kier molecular flexibility index (Phi) is 5.36. The highest BCUT2D eigenvalue weighted by molar-refractivity contribution is 6.05. The van der Waals surface area contributed by atoms with Crippen LogP contribution in [-0.2, 0) is 11.8 Å². The maximum absolute atomic E-state index is 14.0. The van der Waals surface area contributed by atoms with Gasteiger partial charge in [-0.25, -0.2) is 0 Å². The Morgan fingerprint density at radius 1 is 0.971 bits per heavy atom. The summed E-state index contributed by atoms with van der Waals surface area (Å²) in [5.41, 5.74) is 4.90. The number of fused-ring (bicyclic) bond motifs is 2. The van der Waals surface area contributed by atoms with Gasteiger partial charge in [0.05, 0.1) is 24.8 Å². The summed E-state index contributed by atoms with van der Waals surface area (Å²) in [6, 6.07) is 20.7. The van der Waals surface area contributed by atoms with Crippen molar-refractivity contribution < 1.29 is 14.3 Å². The van der Waals surface area contributed by atoms with E-state index in [1.165, 1.54) is 0 Å². The third kappa shape index (κ3) is 3.43. The van der Waals surface area contributed by atoms with Crippen LogP contribution in [0.1, 0.15) is 39.0 Å². The lowest BCUT2D eigenvalue weighted by Gasteiger charge is -2.39. The highest BCUT2D eigenvalue weighted by atomic mass is 16.5. The number of benzene rings is 3. The third-order valence-corrected chi connectivity index (χ3v) is 6.72. The number of ether oxygens (including phenoxy) is 1. The van der Waals surface area contributed by atoms with Crippen LogP contribution in [0.15, 0.2) is 72.9 Å². The maximum Gasteiger partial charge on any atom is 0.254 e. The molecular weight excluding hydrogens is 426 g/mol. The van der Waals surface area contributed by atoms with Gasteiger partial charge in [0.25, 0.3) is 5.91 Å². The molecule has 0 aliphatic carbocycles. The summed E-state index contributed by atoms with van der Waals surface area (Å²) in [7, 11) is 5.34. The molecule has 1 N–H and O–H groups in total. The van der Waals surface area contributed by atoms with Crippen LogP contribution in [0.5, 0.6) is 5.75 Å². The van der Waals surface area contributed by atoms with Crippen molar-refractivity contribution in [2.75, 3.05) is 19.5 Å². The quantitative estimate of drug-likeness (QED) is 0.471. The largest absolute Gasteiger partial charge is 0.495 e. The summed E-state index contributed by atoms with van der Waals surface area (Å²) >= 11 is 0. The molecule has 34 heavy (non-hydrogen) atoms. The molecule has 5 rings (SSSR count). The minimum absolute atomic E-state index is 0.0919. The lowest BCUT2D eigenvalue weighted by Crippen LogP contribution is -2.44. The summed E-state index contributed by atoms with van der Waals surface area (Å²) in [5, 5.41) is 4.12. The minimum atomic E-state index is -0.602.